The Morgan fingerprint density at radius 1 is 1.42 bits per heavy atom. The predicted molar refractivity (Wildman–Crippen MR) is 66.9 cm³/mol. The average molecular weight is 257 g/mol. The lowest BCUT2D eigenvalue weighted by atomic mass is 10.1. The third-order valence-corrected chi connectivity index (χ3v) is 3.00. The van der Waals surface area contributed by atoms with Crippen molar-refractivity contribution in [1.29, 1.82) is 0 Å². The molecule has 0 bridgehead atoms. The molecule has 3 N–H and O–H groups in total. The van der Waals surface area contributed by atoms with Crippen molar-refractivity contribution < 1.29 is 14.6 Å². The Kier molecular flexibility index (Phi) is 2.56. The summed E-state index contributed by atoms with van der Waals surface area (Å²) in [6.45, 7) is 0. The first-order valence-corrected chi connectivity index (χ1v) is 5.75. The van der Waals surface area contributed by atoms with E-state index in [1.165, 1.54) is 6.20 Å². The highest BCUT2D eigenvalue weighted by Crippen LogP contribution is 2.35. The molecule has 0 saturated heterocycles. The Labute approximate surface area is 108 Å². The van der Waals surface area contributed by atoms with Gasteiger partial charge in [-0.15, -0.1) is 0 Å². The van der Waals surface area contributed by atoms with Crippen molar-refractivity contribution in [3.8, 4) is 5.75 Å². The highest BCUT2D eigenvalue weighted by Gasteiger charge is 2.27. The number of anilines is 1. The van der Waals surface area contributed by atoms with Crippen molar-refractivity contribution in [1.82, 2.24) is 9.97 Å². The highest BCUT2D eigenvalue weighted by molar-refractivity contribution is 5.92. The van der Waals surface area contributed by atoms with Crippen LogP contribution in [0.1, 0.15) is 27.8 Å². The van der Waals surface area contributed by atoms with Gasteiger partial charge < -0.3 is 15.6 Å². The number of aromatic nitrogens is 2. The topological polar surface area (TPSA) is 98.3 Å². The van der Waals surface area contributed by atoms with Gasteiger partial charge in [0.2, 0.25) is 0 Å². The van der Waals surface area contributed by atoms with E-state index in [0.29, 0.717) is 12.2 Å². The summed E-state index contributed by atoms with van der Waals surface area (Å²) in [4.78, 5) is 18.9. The van der Waals surface area contributed by atoms with E-state index in [9.17, 15) is 4.79 Å². The lowest BCUT2D eigenvalue weighted by molar-refractivity contribution is 0.0697. The molecule has 3 rings (SSSR count). The number of para-hydroxylation sites is 1. The Morgan fingerprint density at radius 3 is 2.89 bits per heavy atom. The zero-order valence-electron chi connectivity index (χ0n) is 9.91. The standard InChI is InChI=1S/C13H11N3O3/c14-11-8(13(17)18)6-15-12(16-11)10-5-7-3-1-2-4-9(7)19-10/h1-4,6,10H,5H2,(H,17,18)(H2,14,15,16). The molecule has 1 aromatic carbocycles. The molecule has 6 nitrogen and oxygen atoms in total. The van der Waals surface area contributed by atoms with Crippen molar-refractivity contribution in [2.45, 2.75) is 12.5 Å². The van der Waals surface area contributed by atoms with Gasteiger partial charge in [0.1, 0.15) is 17.1 Å². The van der Waals surface area contributed by atoms with Gasteiger partial charge >= 0.3 is 5.97 Å². The predicted octanol–water partition coefficient (Wildman–Crippen LogP) is 1.43. The number of rotatable bonds is 2. The molecule has 19 heavy (non-hydrogen) atoms. The normalized spacial score (nSPS) is 16.7. The van der Waals surface area contributed by atoms with Crippen LogP contribution in [0.2, 0.25) is 0 Å². The lowest BCUT2D eigenvalue weighted by Crippen LogP contribution is -2.13. The van der Waals surface area contributed by atoms with E-state index in [-0.39, 0.29) is 17.5 Å². The van der Waals surface area contributed by atoms with Crippen LogP contribution in [0.15, 0.2) is 30.5 Å². The molecule has 0 saturated carbocycles. The molecular weight excluding hydrogens is 246 g/mol. The molecule has 1 atom stereocenters. The molecule has 96 valence electrons. The number of nitrogens with zero attached hydrogens (tertiary/aromatic N) is 2. The fourth-order valence-electron chi connectivity index (χ4n) is 2.06. The first kappa shape index (κ1) is 11.5. The Morgan fingerprint density at radius 2 is 2.21 bits per heavy atom. The number of ether oxygens (including phenoxy) is 1. The van der Waals surface area contributed by atoms with Crippen molar-refractivity contribution in [2.75, 3.05) is 5.73 Å². The third kappa shape index (κ3) is 1.97. The number of nitrogen functional groups attached to an aromatic ring is 1. The molecule has 6 heteroatoms. The second-order valence-electron chi connectivity index (χ2n) is 4.25. The first-order valence-electron chi connectivity index (χ1n) is 5.75. The summed E-state index contributed by atoms with van der Waals surface area (Å²) in [5, 5.41) is 8.87. The van der Waals surface area contributed by atoms with Gasteiger partial charge in [0.25, 0.3) is 0 Å². The minimum atomic E-state index is -1.14. The maximum atomic E-state index is 10.8. The number of carboxylic acid groups (broad SMARTS) is 1. The van der Waals surface area contributed by atoms with Crippen molar-refractivity contribution in [3.63, 3.8) is 0 Å². The van der Waals surface area contributed by atoms with Crippen LogP contribution in [-0.4, -0.2) is 21.0 Å². The number of nitrogens with two attached hydrogens (primary N) is 1. The highest BCUT2D eigenvalue weighted by atomic mass is 16.5. The van der Waals surface area contributed by atoms with Crippen LogP contribution in [0.25, 0.3) is 0 Å². The van der Waals surface area contributed by atoms with Crippen LogP contribution in [0.3, 0.4) is 0 Å². The van der Waals surface area contributed by atoms with Gasteiger partial charge in [0.15, 0.2) is 11.9 Å². The van der Waals surface area contributed by atoms with Crippen LogP contribution < -0.4 is 10.5 Å². The molecular formula is C13H11N3O3. The summed E-state index contributed by atoms with van der Waals surface area (Å²) in [6, 6.07) is 7.69. The van der Waals surface area contributed by atoms with Gasteiger partial charge in [-0.2, -0.15) is 0 Å². The van der Waals surface area contributed by atoms with Crippen LogP contribution in [-0.2, 0) is 6.42 Å². The zero-order valence-corrected chi connectivity index (χ0v) is 9.91. The first-order chi connectivity index (χ1) is 9.15. The third-order valence-electron chi connectivity index (χ3n) is 3.00. The van der Waals surface area contributed by atoms with E-state index in [1.54, 1.807) is 0 Å². The van der Waals surface area contributed by atoms with E-state index in [4.69, 9.17) is 15.6 Å². The molecule has 0 fully saturated rings. The Bertz CT molecular complexity index is 632. The Hall–Kier alpha value is -2.63. The van der Waals surface area contributed by atoms with Crippen molar-refractivity contribution in [3.05, 3.63) is 47.4 Å². The molecule has 1 unspecified atom stereocenters. The monoisotopic (exact) mass is 257 g/mol. The van der Waals surface area contributed by atoms with Gasteiger partial charge in [0, 0.05) is 12.6 Å². The second-order valence-corrected chi connectivity index (χ2v) is 4.25. The van der Waals surface area contributed by atoms with Crippen LogP contribution >= 0.6 is 0 Å². The zero-order chi connectivity index (χ0) is 13.4. The average Bonchev–Trinajstić information content (AvgIpc) is 2.81. The summed E-state index contributed by atoms with van der Waals surface area (Å²) in [6.07, 6.45) is 1.55. The number of fused-ring (bicyclic) bond motifs is 1. The van der Waals surface area contributed by atoms with Crippen molar-refractivity contribution >= 4 is 11.8 Å². The van der Waals surface area contributed by atoms with Crippen molar-refractivity contribution in [2.24, 2.45) is 0 Å². The second kappa shape index (κ2) is 4.24. The number of carbonyl (C=O) groups is 1. The van der Waals surface area contributed by atoms with Crippen LogP contribution in [0.4, 0.5) is 5.82 Å². The molecule has 1 aliphatic heterocycles. The maximum Gasteiger partial charge on any atom is 0.341 e. The van der Waals surface area contributed by atoms with Gasteiger partial charge in [-0.25, -0.2) is 14.8 Å². The van der Waals surface area contributed by atoms with Crippen LogP contribution in [0.5, 0.6) is 5.75 Å². The van der Waals surface area contributed by atoms with Gasteiger partial charge in [-0.05, 0) is 11.6 Å². The summed E-state index contributed by atoms with van der Waals surface area (Å²) < 4.78 is 5.72. The Balaban J connectivity index is 1.90. The largest absolute Gasteiger partial charge is 0.482 e. The van der Waals surface area contributed by atoms with Gasteiger partial charge in [0.05, 0.1) is 0 Å². The summed E-state index contributed by atoms with van der Waals surface area (Å²) >= 11 is 0. The molecule has 1 aliphatic rings. The number of carboxylic acids is 1. The van der Waals surface area contributed by atoms with Gasteiger partial charge in [-0.3, -0.25) is 0 Å². The van der Waals surface area contributed by atoms with E-state index in [0.717, 1.165) is 11.3 Å². The minimum absolute atomic E-state index is 0.0444. The molecule has 0 amide bonds. The van der Waals surface area contributed by atoms with E-state index < -0.39 is 5.97 Å². The number of benzene rings is 1. The fraction of sp³-hybridized carbons (Fsp3) is 0.154. The molecule has 0 radical (unpaired) electrons. The van der Waals surface area contributed by atoms with Gasteiger partial charge in [-0.1, -0.05) is 18.2 Å². The molecule has 2 heterocycles. The number of hydrogen-bond acceptors (Lipinski definition) is 5. The number of aromatic carboxylic acids is 1. The molecule has 0 aliphatic carbocycles. The fourth-order valence-corrected chi connectivity index (χ4v) is 2.06. The summed E-state index contributed by atoms with van der Waals surface area (Å²) in [5.41, 5.74) is 6.59. The lowest BCUT2D eigenvalue weighted by Gasteiger charge is -2.10. The van der Waals surface area contributed by atoms with E-state index in [2.05, 4.69) is 9.97 Å². The maximum absolute atomic E-state index is 10.8. The smallest absolute Gasteiger partial charge is 0.341 e. The van der Waals surface area contributed by atoms with Crippen LogP contribution in [0, 0.1) is 0 Å². The SMILES string of the molecule is Nc1nc(C2Cc3ccccc3O2)ncc1C(=O)O. The molecule has 1 aromatic heterocycles. The van der Waals surface area contributed by atoms with E-state index >= 15 is 0 Å². The summed E-state index contributed by atoms with van der Waals surface area (Å²) in [7, 11) is 0. The minimum Gasteiger partial charge on any atom is -0.482 e. The molecule has 2 aromatic rings. The summed E-state index contributed by atoms with van der Waals surface area (Å²) in [5.74, 6) is 0.0208. The van der Waals surface area contributed by atoms with E-state index in [1.807, 2.05) is 24.3 Å². The number of hydrogen-bond donors (Lipinski definition) is 2. The quantitative estimate of drug-likeness (QED) is 0.844. The molecule has 0 spiro atoms.